The standard InChI is InChI=1S/C27H20Cl3IN2O5/c1-3-37-23-11-15(10-21(31)24(23)38-13-16-7-8-17(28)12-20(16)30)9-18-25(34)32-27(36)33(26(18)35)22-6-4-5-19(29)14(22)2/h4-12H,3,13H2,1-2H3,(H,32,34,36)/b18-9+. The number of hydrogen-bond donors (Lipinski definition) is 1. The Morgan fingerprint density at radius 2 is 1.76 bits per heavy atom. The Morgan fingerprint density at radius 3 is 2.47 bits per heavy atom. The molecule has 0 radical (unpaired) electrons. The third-order valence-electron chi connectivity index (χ3n) is 5.61. The minimum Gasteiger partial charge on any atom is -0.490 e. The van der Waals surface area contributed by atoms with Gasteiger partial charge in [0.1, 0.15) is 12.2 Å². The molecule has 7 nitrogen and oxygen atoms in total. The number of benzene rings is 3. The molecule has 11 heteroatoms. The number of imide groups is 2. The van der Waals surface area contributed by atoms with E-state index >= 15 is 0 Å². The van der Waals surface area contributed by atoms with Crippen LogP contribution in [0.5, 0.6) is 11.5 Å². The van der Waals surface area contributed by atoms with Crippen molar-refractivity contribution in [2.75, 3.05) is 11.5 Å². The highest BCUT2D eigenvalue weighted by Crippen LogP contribution is 2.37. The highest BCUT2D eigenvalue weighted by Gasteiger charge is 2.37. The number of barbiturate groups is 1. The summed E-state index contributed by atoms with van der Waals surface area (Å²) in [4.78, 5) is 39.5. The Kier molecular flexibility index (Phi) is 8.87. The number of urea groups is 1. The highest BCUT2D eigenvalue weighted by atomic mass is 127. The molecule has 4 rings (SSSR count). The van der Waals surface area contributed by atoms with Crippen molar-refractivity contribution in [1.29, 1.82) is 0 Å². The first-order valence-corrected chi connectivity index (χ1v) is 13.5. The number of rotatable bonds is 7. The summed E-state index contributed by atoms with van der Waals surface area (Å²) < 4.78 is 12.5. The first-order chi connectivity index (χ1) is 18.1. The van der Waals surface area contributed by atoms with Crippen molar-refractivity contribution in [2.24, 2.45) is 0 Å². The molecule has 196 valence electrons. The molecule has 38 heavy (non-hydrogen) atoms. The molecule has 0 saturated carbocycles. The third-order valence-corrected chi connectivity index (χ3v) is 7.41. The lowest BCUT2D eigenvalue weighted by atomic mass is 10.1. The van der Waals surface area contributed by atoms with Gasteiger partial charge in [0.15, 0.2) is 11.5 Å². The number of carbonyl (C=O) groups excluding carboxylic acids is 3. The summed E-state index contributed by atoms with van der Waals surface area (Å²) in [5, 5.41) is 3.61. The van der Waals surface area contributed by atoms with E-state index in [9.17, 15) is 14.4 Å². The Morgan fingerprint density at radius 1 is 1.00 bits per heavy atom. The van der Waals surface area contributed by atoms with Gasteiger partial charge in [-0.1, -0.05) is 46.9 Å². The van der Waals surface area contributed by atoms with E-state index in [0.717, 1.165) is 10.5 Å². The molecule has 1 saturated heterocycles. The molecule has 1 N–H and O–H groups in total. The van der Waals surface area contributed by atoms with Gasteiger partial charge in [-0.2, -0.15) is 0 Å². The summed E-state index contributed by atoms with van der Waals surface area (Å²) in [6.45, 7) is 4.03. The Hall–Kier alpha value is -2.79. The van der Waals surface area contributed by atoms with Crippen molar-refractivity contribution in [2.45, 2.75) is 20.5 Å². The molecule has 0 aromatic heterocycles. The van der Waals surface area contributed by atoms with Crippen molar-refractivity contribution in [3.05, 3.63) is 89.4 Å². The van der Waals surface area contributed by atoms with E-state index in [-0.39, 0.29) is 17.9 Å². The topological polar surface area (TPSA) is 84.9 Å². The molecular weight excluding hydrogens is 666 g/mol. The maximum atomic E-state index is 13.3. The average Bonchev–Trinajstić information content (AvgIpc) is 2.85. The van der Waals surface area contributed by atoms with Gasteiger partial charge in [0.25, 0.3) is 11.8 Å². The van der Waals surface area contributed by atoms with Gasteiger partial charge >= 0.3 is 6.03 Å². The minimum absolute atomic E-state index is 0.170. The first kappa shape index (κ1) is 28.2. The Bertz CT molecular complexity index is 1490. The van der Waals surface area contributed by atoms with E-state index in [0.29, 0.717) is 47.9 Å². The number of carbonyl (C=O) groups is 3. The lowest BCUT2D eigenvalue weighted by Gasteiger charge is -2.27. The lowest BCUT2D eigenvalue weighted by Crippen LogP contribution is -2.54. The monoisotopic (exact) mass is 684 g/mol. The third kappa shape index (κ3) is 5.93. The molecule has 3 aromatic carbocycles. The van der Waals surface area contributed by atoms with Crippen LogP contribution in [-0.4, -0.2) is 24.5 Å². The van der Waals surface area contributed by atoms with Crippen LogP contribution in [0.25, 0.3) is 6.08 Å². The summed E-state index contributed by atoms with van der Waals surface area (Å²) in [6.07, 6.45) is 1.40. The zero-order valence-corrected chi connectivity index (χ0v) is 24.5. The molecule has 0 atom stereocenters. The average molecular weight is 686 g/mol. The molecular formula is C27H20Cl3IN2O5. The van der Waals surface area contributed by atoms with Crippen molar-refractivity contribution in [3.8, 4) is 11.5 Å². The summed E-state index contributed by atoms with van der Waals surface area (Å²) >= 11 is 20.5. The van der Waals surface area contributed by atoms with Crippen molar-refractivity contribution in [3.63, 3.8) is 0 Å². The van der Waals surface area contributed by atoms with Gasteiger partial charge in [-0.05, 0) is 90.0 Å². The van der Waals surface area contributed by atoms with Crippen LogP contribution in [0.4, 0.5) is 10.5 Å². The molecule has 1 fully saturated rings. The highest BCUT2D eigenvalue weighted by molar-refractivity contribution is 14.1. The second kappa shape index (κ2) is 11.9. The fourth-order valence-electron chi connectivity index (χ4n) is 3.74. The molecule has 0 spiro atoms. The SMILES string of the molecule is CCOc1cc(/C=C2\C(=O)NC(=O)N(c3cccc(Cl)c3C)C2=O)cc(I)c1OCc1ccc(Cl)cc1Cl. The number of nitrogens with zero attached hydrogens (tertiary/aromatic N) is 1. The van der Waals surface area contributed by atoms with Crippen LogP contribution in [0.2, 0.25) is 15.1 Å². The second-order valence-corrected chi connectivity index (χ2v) is 10.5. The molecule has 3 aromatic rings. The number of amides is 4. The Labute approximate surface area is 247 Å². The lowest BCUT2D eigenvalue weighted by molar-refractivity contribution is -0.122. The summed E-state index contributed by atoms with van der Waals surface area (Å²) in [6, 6.07) is 12.5. The zero-order chi connectivity index (χ0) is 27.6. The molecule has 1 aliphatic heterocycles. The first-order valence-electron chi connectivity index (χ1n) is 11.3. The van der Waals surface area contributed by atoms with Crippen molar-refractivity contribution < 1.29 is 23.9 Å². The maximum Gasteiger partial charge on any atom is 0.335 e. The van der Waals surface area contributed by atoms with Gasteiger partial charge in [-0.15, -0.1) is 0 Å². The fraction of sp³-hybridized carbons (Fsp3) is 0.148. The predicted molar refractivity (Wildman–Crippen MR) is 156 cm³/mol. The summed E-state index contributed by atoms with van der Waals surface area (Å²) in [5.74, 6) is -0.679. The van der Waals surface area contributed by atoms with Crippen molar-refractivity contribution >= 4 is 87.0 Å². The van der Waals surface area contributed by atoms with E-state index in [4.69, 9.17) is 44.3 Å². The molecule has 0 bridgehead atoms. The van der Waals surface area contributed by atoms with Gasteiger partial charge < -0.3 is 9.47 Å². The summed E-state index contributed by atoms with van der Waals surface area (Å²) in [7, 11) is 0. The normalized spacial score (nSPS) is 14.6. The van der Waals surface area contributed by atoms with Crippen LogP contribution >= 0.6 is 57.4 Å². The zero-order valence-electron chi connectivity index (χ0n) is 20.1. The van der Waals surface area contributed by atoms with Crippen LogP contribution in [-0.2, 0) is 16.2 Å². The molecule has 0 unspecified atom stereocenters. The van der Waals surface area contributed by atoms with Crippen LogP contribution in [0, 0.1) is 10.5 Å². The predicted octanol–water partition coefficient (Wildman–Crippen LogP) is 7.20. The van der Waals surface area contributed by atoms with Crippen LogP contribution in [0.1, 0.15) is 23.6 Å². The van der Waals surface area contributed by atoms with Crippen molar-refractivity contribution in [1.82, 2.24) is 5.32 Å². The number of ether oxygens (including phenoxy) is 2. The molecule has 0 aliphatic carbocycles. The number of halogens is 4. The summed E-state index contributed by atoms with van der Waals surface area (Å²) in [5.41, 5.74) is 1.84. The Balaban J connectivity index is 1.68. The molecule has 1 aliphatic rings. The van der Waals surface area contributed by atoms with Gasteiger partial charge in [0, 0.05) is 20.6 Å². The minimum atomic E-state index is -0.850. The largest absolute Gasteiger partial charge is 0.490 e. The van der Waals surface area contributed by atoms with E-state index in [1.165, 1.54) is 6.08 Å². The van der Waals surface area contributed by atoms with Gasteiger partial charge in [-0.25, -0.2) is 9.69 Å². The van der Waals surface area contributed by atoms with Crippen LogP contribution in [0.3, 0.4) is 0 Å². The number of nitrogens with one attached hydrogen (secondary N) is 1. The van der Waals surface area contributed by atoms with E-state index < -0.39 is 17.8 Å². The number of hydrogen-bond acceptors (Lipinski definition) is 5. The van der Waals surface area contributed by atoms with Gasteiger partial charge in [0.2, 0.25) is 0 Å². The second-order valence-electron chi connectivity index (χ2n) is 8.13. The van der Waals surface area contributed by atoms with Gasteiger partial charge in [0.05, 0.1) is 15.9 Å². The quantitative estimate of drug-likeness (QED) is 0.162. The van der Waals surface area contributed by atoms with Gasteiger partial charge in [-0.3, -0.25) is 14.9 Å². The number of anilines is 1. The maximum absolute atomic E-state index is 13.3. The molecule has 4 amide bonds. The van der Waals surface area contributed by atoms with E-state index in [1.54, 1.807) is 55.5 Å². The molecule has 1 heterocycles. The smallest absolute Gasteiger partial charge is 0.335 e. The van der Waals surface area contributed by atoms with E-state index in [1.807, 2.05) is 6.92 Å². The van der Waals surface area contributed by atoms with E-state index in [2.05, 4.69) is 27.9 Å². The van der Waals surface area contributed by atoms with Crippen LogP contribution in [0.15, 0.2) is 54.1 Å². The fourth-order valence-corrected chi connectivity index (χ4v) is 5.16. The van der Waals surface area contributed by atoms with Crippen LogP contribution < -0.4 is 19.7 Å².